The van der Waals surface area contributed by atoms with Gasteiger partial charge in [0, 0.05) is 31.6 Å². The van der Waals surface area contributed by atoms with Gasteiger partial charge >= 0.3 is 6.09 Å². The molecule has 2 aliphatic rings. The predicted octanol–water partition coefficient (Wildman–Crippen LogP) is 3.04. The SMILES string of the molecule is CC(C)(C)OC(=O)N1CCC(C)(C(=O)N2CCCCC2)CC1. The van der Waals surface area contributed by atoms with Crippen molar-refractivity contribution in [3.63, 3.8) is 0 Å². The second-order valence-corrected chi connectivity index (χ2v) is 7.88. The summed E-state index contributed by atoms with van der Waals surface area (Å²) in [6.45, 7) is 10.7. The van der Waals surface area contributed by atoms with Crippen LogP contribution in [0.3, 0.4) is 0 Å². The minimum absolute atomic E-state index is 0.264. The van der Waals surface area contributed by atoms with Crippen LogP contribution < -0.4 is 0 Å². The fourth-order valence-corrected chi connectivity index (χ4v) is 3.20. The number of carbonyl (C=O) groups is 2. The Kier molecular flexibility index (Phi) is 5.03. The number of ether oxygens (including phenoxy) is 1. The lowest BCUT2D eigenvalue weighted by Gasteiger charge is -2.42. The molecule has 0 unspecified atom stereocenters. The van der Waals surface area contributed by atoms with Crippen molar-refractivity contribution in [1.82, 2.24) is 9.80 Å². The zero-order valence-corrected chi connectivity index (χ0v) is 14.5. The molecule has 0 aromatic heterocycles. The molecule has 22 heavy (non-hydrogen) atoms. The Morgan fingerprint density at radius 1 is 0.909 bits per heavy atom. The lowest BCUT2D eigenvalue weighted by molar-refractivity contribution is -0.144. The number of likely N-dealkylation sites (tertiary alicyclic amines) is 2. The fourth-order valence-electron chi connectivity index (χ4n) is 3.20. The smallest absolute Gasteiger partial charge is 0.410 e. The molecule has 2 heterocycles. The summed E-state index contributed by atoms with van der Waals surface area (Å²) in [6, 6.07) is 0. The highest BCUT2D eigenvalue weighted by Crippen LogP contribution is 2.34. The van der Waals surface area contributed by atoms with Crippen LogP contribution >= 0.6 is 0 Å². The fraction of sp³-hybridized carbons (Fsp3) is 0.882. The summed E-state index contributed by atoms with van der Waals surface area (Å²) in [6.07, 6.45) is 4.65. The summed E-state index contributed by atoms with van der Waals surface area (Å²) in [4.78, 5) is 28.6. The van der Waals surface area contributed by atoms with Crippen LogP contribution in [0.5, 0.6) is 0 Å². The molecule has 126 valence electrons. The molecule has 2 amide bonds. The van der Waals surface area contributed by atoms with Gasteiger partial charge in [-0.05, 0) is 52.9 Å². The van der Waals surface area contributed by atoms with Gasteiger partial charge in [-0.3, -0.25) is 4.79 Å². The number of hydrogen-bond donors (Lipinski definition) is 0. The van der Waals surface area contributed by atoms with Crippen molar-refractivity contribution in [2.75, 3.05) is 26.2 Å². The topological polar surface area (TPSA) is 49.9 Å². The van der Waals surface area contributed by atoms with E-state index in [1.165, 1.54) is 6.42 Å². The van der Waals surface area contributed by atoms with E-state index in [0.29, 0.717) is 13.1 Å². The first-order chi connectivity index (χ1) is 10.2. The largest absolute Gasteiger partial charge is 0.444 e. The van der Waals surface area contributed by atoms with E-state index in [2.05, 4.69) is 6.92 Å². The molecule has 0 radical (unpaired) electrons. The van der Waals surface area contributed by atoms with E-state index in [0.717, 1.165) is 38.8 Å². The van der Waals surface area contributed by atoms with E-state index in [1.807, 2.05) is 25.7 Å². The number of hydrogen-bond acceptors (Lipinski definition) is 3. The highest BCUT2D eigenvalue weighted by atomic mass is 16.6. The standard InChI is InChI=1S/C17H30N2O3/c1-16(2,3)22-15(21)19-12-8-17(4,9-13-19)14(20)18-10-6-5-7-11-18/h5-13H2,1-4H3. The van der Waals surface area contributed by atoms with E-state index in [1.54, 1.807) is 4.90 Å². The lowest BCUT2D eigenvalue weighted by Crippen LogP contribution is -2.51. The molecule has 5 nitrogen and oxygen atoms in total. The van der Waals surface area contributed by atoms with Crippen molar-refractivity contribution in [2.24, 2.45) is 5.41 Å². The van der Waals surface area contributed by atoms with Crippen LogP contribution in [0.2, 0.25) is 0 Å². The third kappa shape index (κ3) is 4.14. The minimum Gasteiger partial charge on any atom is -0.444 e. The summed E-state index contributed by atoms with van der Waals surface area (Å²) in [5, 5.41) is 0. The van der Waals surface area contributed by atoms with Crippen LogP contribution in [0.1, 0.15) is 59.8 Å². The molecule has 0 bridgehead atoms. The Hall–Kier alpha value is -1.26. The van der Waals surface area contributed by atoms with Gasteiger partial charge < -0.3 is 14.5 Å². The molecule has 0 spiro atoms. The van der Waals surface area contributed by atoms with Gasteiger partial charge in [0.1, 0.15) is 5.60 Å². The third-order valence-electron chi connectivity index (χ3n) is 4.68. The molecule has 0 saturated carbocycles. The van der Waals surface area contributed by atoms with Crippen molar-refractivity contribution < 1.29 is 14.3 Å². The maximum atomic E-state index is 12.8. The van der Waals surface area contributed by atoms with Crippen molar-refractivity contribution in [3.8, 4) is 0 Å². The van der Waals surface area contributed by atoms with Crippen molar-refractivity contribution in [1.29, 1.82) is 0 Å². The lowest BCUT2D eigenvalue weighted by atomic mass is 9.78. The Balaban J connectivity index is 1.89. The monoisotopic (exact) mass is 310 g/mol. The summed E-state index contributed by atoms with van der Waals surface area (Å²) >= 11 is 0. The number of carbonyl (C=O) groups excluding carboxylic acids is 2. The maximum absolute atomic E-state index is 12.8. The summed E-state index contributed by atoms with van der Waals surface area (Å²) < 4.78 is 5.41. The number of amides is 2. The van der Waals surface area contributed by atoms with Crippen LogP contribution in [0.4, 0.5) is 4.79 Å². The Bertz CT molecular complexity index is 414. The van der Waals surface area contributed by atoms with E-state index in [4.69, 9.17) is 4.74 Å². The zero-order valence-electron chi connectivity index (χ0n) is 14.5. The molecular formula is C17H30N2O3. The average molecular weight is 310 g/mol. The van der Waals surface area contributed by atoms with Gasteiger partial charge in [-0.15, -0.1) is 0 Å². The van der Waals surface area contributed by atoms with Crippen LogP contribution in [-0.2, 0) is 9.53 Å². The van der Waals surface area contributed by atoms with Crippen LogP contribution in [-0.4, -0.2) is 53.6 Å². The van der Waals surface area contributed by atoms with E-state index in [-0.39, 0.29) is 17.4 Å². The van der Waals surface area contributed by atoms with Crippen molar-refractivity contribution in [2.45, 2.75) is 65.4 Å². The van der Waals surface area contributed by atoms with E-state index in [9.17, 15) is 9.59 Å². The van der Waals surface area contributed by atoms with Gasteiger partial charge in [0.05, 0.1) is 0 Å². The molecule has 0 aromatic carbocycles. The third-order valence-corrected chi connectivity index (χ3v) is 4.68. The molecule has 2 aliphatic heterocycles. The quantitative estimate of drug-likeness (QED) is 0.748. The summed E-state index contributed by atoms with van der Waals surface area (Å²) in [7, 11) is 0. The highest BCUT2D eigenvalue weighted by Gasteiger charge is 2.41. The Morgan fingerprint density at radius 2 is 1.45 bits per heavy atom. The molecule has 2 fully saturated rings. The normalized spacial score (nSPS) is 22.4. The molecule has 5 heteroatoms. The molecule has 0 N–H and O–H groups in total. The van der Waals surface area contributed by atoms with E-state index >= 15 is 0 Å². The van der Waals surface area contributed by atoms with Crippen LogP contribution in [0.25, 0.3) is 0 Å². The second kappa shape index (κ2) is 6.47. The van der Waals surface area contributed by atoms with Crippen molar-refractivity contribution >= 4 is 12.0 Å². The summed E-state index contributed by atoms with van der Waals surface area (Å²) in [5.41, 5.74) is -0.794. The first kappa shape index (κ1) is 17.1. The predicted molar refractivity (Wildman–Crippen MR) is 85.6 cm³/mol. The number of rotatable bonds is 1. The molecule has 2 saturated heterocycles. The van der Waals surface area contributed by atoms with Gasteiger partial charge in [-0.25, -0.2) is 4.79 Å². The summed E-state index contributed by atoms with van der Waals surface area (Å²) in [5.74, 6) is 0.274. The molecule has 0 atom stereocenters. The Labute approximate surface area is 134 Å². The van der Waals surface area contributed by atoms with E-state index < -0.39 is 5.60 Å². The van der Waals surface area contributed by atoms with Crippen molar-refractivity contribution in [3.05, 3.63) is 0 Å². The van der Waals surface area contributed by atoms with Gasteiger partial charge in [-0.2, -0.15) is 0 Å². The maximum Gasteiger partial charge on any atom is 0.410 e. The van der Waals surface area contributed by atoms with Gasteiger partial charge in [-0.1, -0.05) is 6.92 Å². The van der Waals surface area contributed by atoms with Crippen LogP contribution in [0.15, 0.2) is 0 Å². The second-order valence-electron chi connectivity index (χ2n) is 7.88. The van der Waals surface area contributed by atoms with Gasteiger partial charge in [0.25, 0.3) is 0 Å². The number of piperidine rings is 2. The van der Waals surface area contributed by atoms with Gasteiger partial charge in [0.15, 0.2) is 0 Å². The first-order valence-corrected chi connectivity index (χ1v) is 8.49. The molecule has 0 aromatic rings. The average Bonchev–Trinajstić information content (AvgIpc) is 2.46. The van der Waals surface area contributed by atoms with Gasteiger partial charge in [0.2, 0.25) is 5.91 Å². The zero-order chi connectivity index (χ0) is 16.4. The Morgan fingerprint density at radius 3 is 1.95 bits per heavy atom. The first-order valence-electron chi connectivity index (χ1n) is 8.49. The highest BCUT2D eigenvalue weighted by molar-refractivity contribution is 5.83. The minimum atomic E-state index is -0.471. The molecule has 0 aliphatic carbocycles. The molecular weight excluding hydrogens is 280 g/mol. The van der Waals surface area contributed by atoms with Crippen LogP contribution in [0, 0.1) is 5.41 Å². The molecule has 2 rings (SSSR count). The number of nitrogens with zero attached hydrogens (tertiary/aromatic N) is 2.